The van der Waals surface area contributed by atoms with E-state index in [1.54, 1.807) is 6.07 Å². The number of nitrogens with two attached hydrogens (primary N) is 1. The van der Waals surface area contributed by atoms with Crippen molar-refractivity contribution in [3.8, 4) is 0 Å². The summed E-state index contributed by atoms with van der Waals surface area (Å²) in [5.74, 6) is 0.762. The minimum absolute atomic E-state index is 0.0408. The van der Waals surface area contributed by atoms with Crippen LogP contribution in [0.5, 0.6) is 0 Å². The second-order valence-electron chi connectivity index (χ2n) is 5.84. The van der Waals surface area contributed by atoms with Gasteiger partial charge in [-0.2, -0.15) is 0 Å². The number of hydrogen-bond donors (Lipinski definition) is 2. The number of nitrogens with one attached hydrogen (secondary N) is 1. The smallest absolute Gasteiger partial charge is 0.258 e. The molecule has 2 rings (SSSR count). The van der Waals surface area contributed by atoms with Crippen LogP contribution in [0.4, 0.5) is 0 Å². The van der Waals surface area contributed by atoms with Gasteiger partial charge in [-0.15, -0.1) is 0 Å². The molecule has 0 aromatic carbocycles. The summed E-state index contributed by atoms with van der Waals surface area (Å²) in [6, 6.07) is 3.27. The summed E-state index contributed by atoms with van der Waals surface area (Å²) in [4.78, 5) is 4.00. The van der Waals surface area contributed by atoms with Crippen molar-refractivity contribution >= 4 is 10.0 Å². The molecule has 0 spiro atoms. The van der Waals surface area contributed by atoms with Gasteiger partial charge in [0.2, 0.25) is 0 Å². The van der Waals surface area contributed by atoms with E-state index in [4.69, 9.17) is 5.73 Å². The van der Waals surface area contributed by atoms with E-state index in [1.807, 2.05) is 0 Å². The molecule has 118 valence electrons. The molecule has 1 fully saturated rings. The fourth-order valence-corrected chi connectivity index (χ4v) is 4.18. The number of hydrogen-bond acceptors (Lipinski definition) is 4. The number of nitrogens with zero attached hydrogens (tertiary/aromatic N) is 1. The third kappa shape index (κ3) is 4.49. The molecule has 3 N–H and O–H groups in total. The molecule has 0 amide bonds. The Morgan fingerprint density at radius 2 is 2.00 bits per heavy atom. The molecule has 5 nitrogen and oxygen atoms in total. The molecule has 1 aliphatic rings. The number of rotatable bonds is 6. The van der Waals surface area contributed by atoms with Crippen LogP contribution < -0.4 is 10.5 Å². The van der Waals surface area contributed by atoms with Gasteiger partial charge in [-0.05, 0) is 43.2 Å². The van der Waals surface area contributed by atoms with Gasteiger partial charge in [0.1, 0.15) is 0 Å². The highest BCUT2D eigenvalue weighted by Crippen LogP contribution is 2.28. The number of pyridine rings is 1. The lowest BCUT2D eigenvalue weighted by atomic mass is 9.84. The Hall–Kier alpha value is -0.980. The van der Waals surface area contributed by atoms with E-state index in [-0.39, 0.29) is 11.1 Å². The Balaban J connectivity index is 1.95. The predicted molar refractivity (Wildman–Crippen MR) is 83.1 cm³/mol. The number of aromatic nitrogens is 1. The molecule has 0 saturated heterocycles. The molecular weight excluding hydrogens is 286 g/mol. The lowest BCUT2D eigenvalue weighted by Crippen LogP contribution is -2.37. The monoisotopic (exact) mass is 311 g/mol. The highest BCUT2D eigenvalue weighted by molar-refractivity contribution is 7.89. The second-order valence-corrected chi connectivity index (χ2v) is 7.50. The second kappa shape index (κ2) is 7.33. The van der Waals surface area contributed by atoms with E-state index >= 15 is 0 Å². The molecule has 6 heteroatoms. The molecule has 0 unspecified atom stereocenters. The maximum Gasteiger partial charge on any atom is 0.258 e. The van der Waals surface area contributed by atoms with E-state index in [0.717, 1.165) is 37.2 Å². The Kier molecular flexibility index (Phi) is 5.72. The van der Waals surface area contributed by atoms with E-state index in [9.17, 15) is 8.42 Å². The normalized spacial score (nSPS) is 23.1. The van der Waals surface area contributed by atoms with Crippen LogP contribution in [-0.2, 0) is 16.6 Å². The van der Waals surface area contributed by atoms with Crippen LogP contribution in [0.3, 0.4) is 0 Å². The largest absolute Gasteiger partial charge is 0.326 e. The first-order valence-corrected chi connectivity index (χ1v) is 9.20. The van der Waals surface area contributed by atoms with Gasteiger partial charge in [0.15, 0.2) is 5.03 Å². The van der Waals surface area contributed by atoms with Crippen LogP contribution in [0.2, 0.25) is 0 Å². The number of sulfonamides is 1. The summed E-state index contributed by atoms with van der Waals surface area (Å²) >= 11 is 0. The van der Waals surface area contributed by atoms with Crippen LogP contribution >= 0.6 is 0 Å². The average molecular weight is 311 g/mol. The van der Waals surface area contributed by atoms with Crippen LogP contribution in [0.1, 0.15) is 51.0 Å². The van der Waals surface area contributed by atoms with Crippen LogP contribution in [0.15, 0.2) is 23.4 Å². The van der Waals surface area contributed by atoms with Gasteiger partial charge in [0, 0.05) is 18.8 Å². The van der Waals surface area contributed by atoms with Crippen molar-refractivity contribution in [2.45, 2.75) is 63.1 Å². The molecule has 1 heterocycles. The molecule has 0 aliphatic heterocycles. The fourth-order valence-electron chi connectivity index (χ4n) is 2.95. The van der Waals surface area contributed by atoms with Crippen molar-refractivity contribution in [2.75, 3.05) is 0 Å². The fraction of sp³-hybridized carbons (Fsp3) is 0.667. The highest BCUT2D eigenvalue weighted by Gasteiger charge is 2.25. The SMILES string of the molecule is CCCC1CCC(NS(=O)(=O)c2ccc(CN)cn2)CC1. The summed E-state index contributed by atoms with van der Waals surface area (Å²) in [7, 11) is -3.52. The first-order chi connectivity index (χ1) is 10.0. The molecule has 0 atom stereocenters. The third-order valence-corrected chi connectivity index (χ3v) is 5.61. The summed E-state index contributed by atoms with van der Waals surface area (Å²) in [6.07, 6.45) is 8.05. The maximum absolute atomic E-state index is 12.3. The van der Waals surface area contributed by atoms with Gasteiger partial charge in [0.25, 0.3) is 10.0 Å². The van der Waals surface area contributed by atoms with Gasteiger partial charge in [-0.25, -0.2) is 18.1 Å². The molecule has 0 radical (unpaired) electrons. The Labute approximate surface area is 127 Å². The van der Waals surface area contributed by atoms with Crippen molar-refractivity contribution in [1.82, 2.24) is 9.71 Å². The van der Waals surface area contributed by atoms with Crippen molar-refractivity contribution in [3.63, 3.8) is 0 Å². The minimum atomic E-state index is -3.52. The zero-order chi connectivity index (χ0) is 15.3. The summed E-state index contributed by atoms with van der Waals surface area (Å²) in [5, 5.41) is 0.0791. The van der Waals surface area contributed by atoms with E-state index < -0.39 is 10.0 Å². The van der Waals surface area contributed by atoms with Gasteiger partial charge < -0.3 is 5.73 Å². The zero-order valence-electron chi connectivity index (χ0n) is 12.6. The molecule has 1 saturated carbocycles. The van der Waals surface area contributed by atoms with Crippen LogP contribution in [-0.4, -0.2) is 19.4 Å². The molecule has 21 heavy (non-hydrogen) atoms. The predicted octanol–water partition coefficient (Wildman–Crippen LogP) is 2.18. The van der Waals surface area contributed by atoms with E-state index in [0.29, 0.717) is 6.54 Å². The summed E-state index contributed by atoms with van der Waals surface area (Å²) in [6.45, 7) is 2.56. The van der Waals surface area contributed by atoms with Crippen molar-refractivity contribution in [3.05, 3.63) is 23.9 Å². The average Bonchev–Trinajstić information content (AvgIpc) is 2.49. The van der Waals surface area contributed by atoms with Crippen molar-refractivity contribution in [1.29, 1.82) is 0 Å². The van der Waals surface area contributed by atoms with Gasteiger partial charge in [-0.3, -0.25) is 0 Å². The van der Waals surface area contributed by atoms with Crippen LogP contribution in [0.25, 0.3) is 0 Å². The quantitative estimate of drug-likeness (QED) is 0.843. The molecule has 1 aromatic rings. The zero-order valence-corrected chi connectivity index (χ0v) is 13.4. The highest BCUT2D eigenvalue weighted by atomic mass is 32.2. The third-order valence-electron chi connectivity index (χ3n) is 4.17. The molecule has 0 bridgehead atoms. The van der Waals surface area contributed by atoms with E-state index in [2.05, 4.69) is 16.6 Å². The van der Waals surface area contributed by atoms with Gasteiger partial charge in [0.05, 0.1) is 0 Å². The molecule has 1 aliphatic carbocycles. The summed E-state index contributed by atoms with van der Waals surface area (Å²) < 4.78 is 27.4. The summed E-state index contributed by atoms with van der Waals surface area (Å²) in [5.41, 5.74) is 6.32. The maximum atomic E-state index is 12.3. The first kappa shape index (κ1) is 16.4. The molecular formula is C15H25N3O2S. The Morgan fingerprint density at radius 1 is 1.29 bits per heavy atom. The van der Waals surface area contributed by atoms with Gasteiger partial charge in [-0.1, -0.05) is 25.8 Å². The minimum Gasteiger partial charge on any atom is -0.326 e. The van der Waals surface area contributed by atoms with Gasteiger partial charge >= 0.3 is 0 Å². The lowest BCUT2D eigenvalue weighted by Gasteiger charge is -2.28. The van der Waals surface area contributed by atoms with Crippen molar-refractivity contribution < 1.29 is 8.42 Å². The standard InChI is InChI=1S/C15H25N3O2S/c1-2-3-12-4-7-14(8-5-12)18-21(19,20)15-9-6-13(10-16)11-17-15/h6,9,11-12,14,18H,2-5,7-8,10,16H2,1H3. The Morgan fingerprint density at radius 3 is 2.52 bits per heavy atom. The molecule has 1 aromatic heterocycles. The van der Waals surface area contributed by atoms with Crippen LogP contribution in [0, 0.1) is 5.92 Å². The first-order valence-electron chi connectivity index (χ1n) is 7.72. The van der Waals surface area contributed by atoms with E-state index in [1.165, 1.54) is 25.1 Å². The topological polar surface area (TPSA) is 85.1 Å². The van der Waals surface area contributed by atoms with Crippen molar-refractivity contribution in [2.24, 2.45) is 11.7 Å². The lowest BCUT2D eigenvalue weighted by molar-refractivity contribution is 0.297. The Bertz CT molecular complexity index is 535.